The van der Waals surface area contributed by atoms with Crippen molar-refractivity contribution in [3.8, 4) is 0 Å². The van der Waals surface area contributed by atoms with Crippen LogP contribution in [0.4, 0.5) is 0 Å². The fourth-order valence-electron chi connectivity index (χ4n) is 1.91. The van der Waals surface area contributed by atoms with E-state index in [9.17, 15) is 8.42 Å². The van der Waals surface area contributed by atoms with Crippen LogP contribution in [0.15, 0.2) is 30.3 Å². The second kappa shape index (κ2) is 4.76. The molecule has 1 fully saturated rings. The van der Waals surface area contributed by atoms with Gasteiger partial charge >= 0.3 is 0 Å². The first-order valence-corrected chi connectivity index (χ1v) is 7.64. The Hall–Kier alpha value is -0.910. The molecule has 0 amide bonds. The van der Waals surface area contributed by atoms with Crippen LogP contribution in [0.25, 0.3) is 0 Å². The molecule has 0 saturated carbocycles. The van der Waals surface area contributed by atoms with Crippen LogP contribution < -0.4 is 5.32 Å². The molecule has 1 saturated heterocycles. The monoisotopic (exact) mass is 255 g/mol. The first-order chi connectivity index (χ1) is 8.02. The highest BCUT2D eigenvalue weighted by atomic mass is 32.2. The minimum absolute atomic E-state index is 0.154. The largest absolute Gasteiger partial charge is 0.377 e. The Labute approximate surface area is 102 Å². The Kier molecular flexibility index (Phi) is 3.51. The maximum atomic E-state index is 11.1. The van der Waals surface area contributed by atoms with Gasteiger partial charge in [-0.3, -0.25) is 0 Å². The van der Waals surface area contributed by atoms with Gasteiger partial charge in [0.15, 0.2) is 0 Å². The second-order valence-corrected chi connectivity index (χ2v) is 6.76. The predicted molar refractivity (Wildman–Crippen MR) is 66.7 cm³/mol. The second-order valence-electron chi connectivity index (χ2n) is 4.50. The van der Waals surface area contributed by atoms with E-state index in [-0.39, 0.29) is 11.3 Å². The van der Waals surface area contributed by atoms with Gasteiger partial charge < -0.3 is 10.1 Å². The zero-order valence-electron chi connectivity index (χ0n) is 9.85. The molecule has 2 rings (SSSR count). The van der Waals surface area contributed by atoms with Crippen LogP contribution in [-0.4, -0.2) is 40.2 Å². The van der Waals surface area contributed by atoms with Gasteiger partial charge in [-0.15, -0.1) is 0 Å². The lowest BCUT2D eigenvalue weighted by Gasteiger charge is -2.42. The molecular formula is C12H17NO3S. The summed E-state index contributed by atoms with van der Waals surface area (Å²) >= 11 is 0. The lowest BCUT2D eigenvalue weighted by molar-refractivity contribution is -0.0776. The van der Waals surface area contributed by atoms with Crippen molar-refractivity contribution in [2.45, 2.75) is 5.54 Å². The topological polar surface area (TPSA) is 55.4 Å². The fourth-order valence-corrected chi connectivity index (χ4v) is 2.38. The van der Waals surface area contributed by atoms with Crippen LogP contribution in [0.1, 0.15) is 5.56 Å². The number of benzene rings is 1. The molecular weight excluding hydrogens is 238 g/mol. The summed E-state index contributed by atoms with van der Waals surface area (Å²) < 4.78 is 27.4. The Bertz CT molecular complexity index is 466. The molecule has 0 spiro atoms. The van der Waals surface area contributed by atoms with Crippen molar-refractivity contribution in [3.63, 3.8) is 0 Å². The lowest BCUT2D eigenvalue weighted by Crippen LogP contribution is -2.58. The molecule has 17 heavy (non-hydrogen) atoms. The van der Waals surface area contributed by atoms with Crippen molar-refractivity contribution in [1.82, 2.24) is 5.32 Å². The first-order valence-electron chi connectivity index (χ1n) is 5.58. The zero-order valence-corrected chi connectivity index (χ0v) is 10.7. The molecule has 0 radical (unpaired) electrons. The number of ether oxygens (including phenoxy) is 1. The van der Waals surface area contributed by atoms with Gasteiger partial charge in [0.25, 0.3) is 0 Å². The summed E-state index contributed by atoms with van der Waals surface area (Å²) in [5, 5.41) is 3.30. The molecule has 1 heterocycles. The van der Waals surface area contributed by atoms with Crippen molar-refractivity contribution in [3.05, 3.63) is 35.9 Å². The Morgan fingerprint density at radius 3 is 2.41 bits per heavy atom. The third kappa shape index (κ3) is 3.06. The van der Waals surface area contributed by atoms with E-state index in [4.69, 9.17) is 4.74 Å². The standard InChI is InChI=1S/C12H17NO3S/c1-17(14,15)8-7-13-12(9-16-10-12)11-5-3-2-4-6-11/h2-6,13H,7-10H2,1H3. The quantitative estimate of drug-likeness (QED) is 0.834. The number of sulfone groups is 1. The molecule has 1 aliphatic heterocycles. The van der Waals surface area contributed by atoms with Crippen molar-refractivity contribution in [1.29, 1.82) is 0 Å². The van der Waals surface area contributed by atoms with Crippen LogP contribution in [0.2, 0.25) is 0 Å². The third-order valence-corrected chi connectivity index (χ3v) is 3.91. The lowest BCUT2D eigenvalue weighted by atomic mass is 9.88. The average molecular weight is 255 g/mol. The summed E-state index contributed by atoms with van der Waals surface area (Å²) in [6, 6.07) is 10.0. The number of rotatable bonds is 5. The molecule has 1 aromatic rings. The van der Waals surface area contributed by atoms with E-state index in [2.05, 4.69) is 5.32 Å². The van der Waals surface area contributed by atoms with E-state index in [0.717, 1.165) is 5.56 Å². The van der Waals surface area contributed by atoms with Gasteiger partial charge in [-0.2, -0.15) is 0 Å². The van der Waals surface area contributed by atoms with Crippen LogP contribution in [-0.2, 0) is 20.1 Å². The molecule has 0 bridgehead atoms. The molecule has 0 aliphatic carbocycles. The minimum atomic E-state index is -2.92. The predicted octanol–water partition coefficient (Wildman–Crippen LogP) is 0.546. The summed E-state index contributed by atoms with van der Waals surface area (Å²) in [5.74, 6) is 0.154. The van der Waals surface area contributed by atoms with Gasteiger partial charge in [0.2, 0.25) is 0 Å². The van der Waals surface area contributed by atoms with Gasteiger partial charge in [0, 0.05) is 12.8 Å². The van der Waals surface area contributed by atoms with Crippen LogP contribution >= 0.6 is 0 Å². The van der Waals surface area contributed by atoms with E-state index in [1.165, 1.54) is 6.26 Å². The fraction of sp³-hybridized carbons (Fsp3) is 0.500. The number of hydrogen-bond acceptors (Lipinski definition) is 4. The first kappa shape index (κ1) is 12.5. The average Bonchev–Trinajstić information content (AvgIpc) is 2.22. The van der Waals surface area contributed by atoms with Crippen molar-refractivity contribution in [2.75, 3.05) is 31.8 Å². The summed E-state index contributed by atoms with van der Waals surface area (Å²) in [7, 11) is -2.92. The van der Waals surface area contributed by atoms with Crippen molar-refractivity contribution >= 4 is 9.84 Å². The molecule has 1 aliphatic rings. The van der Waals surface area contributed by atoms with Gasteiger partial charge in [0.05, 0.1) is 24.5 Å². The maximum Gasteiger partial charge on any atom is 0.148 e. The normalized spacial score (nSPS) is 18.6. The Morgan fingerprint density at radius 2 is 1.94 bits per heavy atom. The van der Waals surface area contributed by atoms with E-state index in [1.54, 1.807) is 0 Å². The number of nitrogens with one attached hydrogen (secondary N) is 1. The number of hydrogen-bond donors (Lipinski definition) is 1. The minimum Gasteiger partial charge on any atom is -0.377 e. The summed E-state index contributed by atoms with van der Waals surface area (Å²) in [6.45, 7) is 1.65. The Balaban J connectivity index is 2.01. The third-order valence-electron chi connectivity index (χ3n) is 2.96. The summed E-state index contributed by atoms with van der Waals surface area (Å²) in [4.78, 5) is 0. The molecule has 1 N–H and O–H groups in total. The molecule has 1 aromatic carbocycles. The van der Waals surface area contributed by atoms with Crippen LogP contribution in [0, 0.1) is 0 Å². The summed E-state index contributed by atoms with van der Waals surface area (Å²) in [5.41, 5.74) is 0.950. The van der Waals surface area contributed by atoms with Crippen LogP contribution in [0.3, 0.4) is 0 Å². The highest BCUT2D eigenvalue weighted by molar-refractivity contribution is 7.90. The van der Waals surface area contributed by atoms with Gasteiger partial charge in [0.1, 0.15) is 9.84 Å². The van der Waals surface area contributed by atoms with Crippen molar-refractivity contribution in [2.24, 2.45) is 0 Å². The molecule has 94 valence electrons. The van der Waals surface area contributed by atoms with E-state index in [0.29, 0.717) is 19.8 Å². The molecule has 4 nitrogen and oxygen atoms in total. The Morgan fingerprint density at radius 1 is 1.29 bits per heavy atom. The molecule has 0 atom stereocenters. The molecule has 0 unspecified atom stereocenters. The van der Waals surface area contributed by atoms with E-state index < -0.39 is 9.84 Å². The highest BCUT2D eigenvalue weighted by Crippen LogP contribution is 2.29. The maximum absolute atomic E-state index is 11.1. The van der Waals surface area contributed by atoms with Gasteiger partial charge in [-0.05, 0) is 5.56 Å². The van der Waals surface area contributed by atoms with Gasteiger partial charge in [-0.1, -0.05) is 30.3 Å². The van der Waals surface area contributed by atoms with E-state index in [1.807, 2.05) is 30.3 Å². The van der Waals surface area contributed by atoms with Gasteiger partial charge in [-0.25, -0.2) is 8.42 Å². The zero-order chi connectivity index (χ0) is 12.4. The molecule has 5 heteroatoms. The van der Waals surface area contributed by atoms with Crippen molar-refractivity contribution < 1.29 is 13.2 Å². The smallest absolute Gasteiger partial charge is 0.148 e. The summed E-state index contributed by atoms with van der Waals surface area (Å²) in [6.07, 6.45) is 1.25. The highest BCUT2D eigenvalue weighted by Gasteiger charge is 2.39. The molecule has 0 aromatic heterocycles. The van der Waals surface area contributed by atoms with E-state index >= 15 is 0 Å². The SMILES string of the molecule is CS(=O)(=O)CCNC1(c2ccccc2)COC1. The van der Waals surface area contributed by atoms with Crippen LogP contribution in [0.5, 0.6) is 0 Å².